The van der Waals surface area contributed by atoms with Crippen LogP contribution in [0.25, 0.3) is 0 Å². The molecule has 0 aromatic carbocycles. The average molecular weight is 166 g/mol. The van der Waals surface area contributed by atoms with Gasteiger partial charge in [0.1, 0.15) is 0 Å². The molecule has 0 amide bonds. The van der Waals surface area contributed by atoms with Crippen LogP contribution in [-0.4, -0.2) is 16.9 Å². The summed E-state index contributed by atoms with van der Waals surface area (Å²) in [6.45, 7) is 3.34. The molecule has 0 heterocycles. The molecule has 1 rings (SSSR count). The van der Waals surface area contributed by atoms with Gasteiger partial charge >= 0.3 is 5.97 Å². The SMILES string of the molecule is C=C(C(=O)O)C1=CCCCC1=O. The maximum atomic E-state index is 11.1. The topological polar surface area (TPSA) is 54.4 Å². The van der Waals surface area contributed by atoms with Gasteiger partial charge in [-0.15, -0.1) is 0 Å². The molecule has 0 fully saturated rings. The van der Waals surface area contributed by atoms with Gasteiger partial charge in [-0.3, -0.25) is 4.79 Å². The molecule has 1 aliphatic carbocycles. The molecule has 0 saturated heterocycles. The van der Waals surface area contributed by atoms with Crippen LogP contribution in [0.4, 0.5) is 0 Å². The van der Waals surface area contributed by atoms with Gasteiger partial charge in [0.2, 0.25) is 0 Å². The summed E-state index contributed by atoms with van der Waals surface area (Å²) in [6.07, 6.45) is 3.68. The number of carboxylic acid groups (broad SMARTS) is 1. The first-order valence-corrected chi connectivity index (χ1v) is 3.79. The number of hydrogen-bond acceptors (Lipinski definition) is 2. The first kappa shape index (κ1) is 8.71. The fourth-order valence-corrected chi connectivity index (χ4v) is 1.16. The van der Waals surface area contributed by atoms with Crippen LogP contribution >= 0.6 is 0 Å². The predicted octanol–water partition coefficient (Wildman–Crippen LogP) is 1.31. The van der Waals surface area contributed by atoms with Crippen molar-refractivity contribution in [3.8, 4) is 0 Å². The molecule has 0 aromatic heterocycles. The van der Waals surface area contributed by atoms with Crippen LogP contribution in [0.3, 0.4) is 0 Å². The quantitative estimate of drug-likeness (QED) is 0.629. The monoisotopic (exact) mass is 166 g/mol. The molecule has 3 heteroatoms. The van der Waals surface area contributed by atoms with Crippen molar-refractivity contribution >= 4 is 11.8 Å². The third kappa shape index (κ3) is 1.61. The molecule has 3 nitrogen and oxygen atoms in total. The summed E-state index contributed by atoms with van der Waals surface area (Å²) in [5.74, 6) is -1.22. The molecule has 1 N–H and O–H groups in total. The number of rotatable bonds is 2. The van der Waals surface area contributed by atoms with Crippen LogP contribution in [0.1, 0.15) is 19.3 Å². The molecular weight excluding hydrogens is 156 g/mol. The Hall–Kier alpha value is -1.38. The zero-order valence-corrected chi connectivity index (χ0v) is 6.67. The Morgan fingerprint density at radius 1 is 1.58 bits per heavy atom. The highest BCUT2D eigenvalue weighted by atomic mass is 16.4. The number of ketones is 1. The van der Waals surface area contributed by atoms with Gasteiger partial charge in [-0.25, -0.2) is 4.79 Å². The van der Waals surface area contributed by atoms with E-state index in [-0.39, 0.29) is 16.9 Å². The van der Waals surface area contributed by atoms with E-state index in [4.69, 9.17) is 5.11 Å². The highest BCUT2D eigenvalue weighted by Crippen LogP contribution is 2.19. The Bertz CT molecular complexity index is 273. The zero-order valence-electron chi connectivity index (χ0n) is 6.67. The first-order valence-electron chi connectivity index (χ1n) is 3.79. The molecule has 0 saturated carbocycles. The van der Waals surface area contributed by atoms with Gasteiger partial charge < -0.3 is 5.11 Å². The summed E-state index contributed by atoms with van der Waals surface area (Å²) in [7, 11) is 0. The maximum Gasteiger partial charge on any atom is 0.335 e. The van der Waals surface area contributed by atoms with Gasteiger partial charge in [0.25, 0.3) is 0 Å². The predicted molar refractivity (Wildman–Crippen MR) is 43.7 cm³/mol. The van der Waals surface area contributed by atoms with Crippen molar-refractivity contribution in [2.75, 3.05) is 0 Å². The van der Waals surface area contributed by atoms with Crippen LogP contribution in [-0.2, 0) is 9.59 Å². The van der Waals surface area contributed by atoms with Crippen molar-refractivity contribution in [2.24, 2.45) is 0 Å². The molecule has 0 aromatic rings. The summed E-state index contributed by atoms with van der Waals surface area (Å²) < 4.78 is 0. The number of aliphatic carboxylic acids is 1. The molecule has 1 aliphatic rings. The van der Waals surface area contributed by atoms with Gasteiger partial charge in [-0.2, -0.15) is 0 Å². The number of carbonyl (C=O) groups excluding carboxylic acids is 1. The molecule has 0 atom stereocenters. The normalized spacial score (nSPS) is 17.0. The summed E-state index contributed by atoms with van der Waals surface area (Å²) >= 11 is 0. The van der Waals surface area contributed by atoms with Crippen LogP contribution in [0, 0.1) is 0 Å². The molecule has 12 heavy (non-hydrogen) atoms. The second-order valence-corrected chi connectivity index (χ2v) is 2.72. The first-order chi connectivity index (χ1) is 5.63. The summed E-state index contributed by atoms with van der Waals surface area (Å²) in [5.41, 5.74) is 0.202. The summed E-state index contributed by atoms with van der Waals surface area (Å²) in [6, 6.07) is 0. The average Bonchev–Trinajstić information content (AvgIpc) is 2.04. The zero-order chi connectivity index (χ0) is 9.14. The molecule has 0 aliphatic heterocycles. The van der Waals surface area contributed by atoms with Gasteiger partial charge in [0.05, 0.1) is 5.57 Å². The van der Waals surface area contributed by atoms with E-state index in [1.54, 1.807) is 6.08 Å². The lowest BCUT2D eigenvalue weighted by atomic mass is 9.93. The van der Waals surface area contributed by atoms with Crippen molar-refractivity contribution in [2.45, 2.75) is 19.3 Å². The Labute approximate surface area is 70.4 Å². The van der Waals surface area contributed by atoms with Crippen molar-refractivity contribution < 1.29 is 14.7 Å². The molecule has 0 radical (unpaired) electrons. The van der Waals surface area contributed by atoms with Crippen LogP contribution < -0.4 is 0 Å². The largest absolute Gasteiger partial charge is 0.478 e. The second-order valence-electron chi connectivity index (χ2n) is 2.72. The number of allylic oxidation sites excluding steroid dienone is 1. The number of Topliss-reactive ketones (excluding diaryl/α,β-unsaturated/α-hetero) is 1. The van der Waals surface area contributed by atoms with Crippen molar-refractivity contribution in [3.63, 3.8) is 0 Å². The van der Waals surface area contributed by atoms with Crippen molar-refractivity contribution in [3.05, 3.63) is 23.8 Å². The second kappa shape index (κ2) is 3.34. The molecule has 64 valence electrons. The van der Waals surface area contributed by atoms with Gasteiger partial charge in [0, 0.05) is 12.0 Å². The molecule has 0 spiro atoms. The Morgan fingerprint density at radius 3 is 2.75 bits per heavy atom. The van der Waals surface area contributed by atoms with Crippen LogP contribution in [0.15, 0.2) is 23.8 Å². The third-order valence-corrected chi connectivity index (χ3v) is 1.84. The standard InChI is InChI=1S/C9H10O3/c1-6(9(11)12)7-4-2-3-5-8(7)10/h4H,1-3,5H2,(H,11,12). The third-order valence-electron chi connectivity index (χ3n) is 1.84. The molecule has 0 bridgehead atoms. The van der Waals surface area contributed by atoms with Crippen LogP contribution in [0.2, 0.25) is 0 Å². The van der Waals surface area contributed by atoms with E-state index in [2.05, 4.69) is 6.58 Å². The van der Waals surface area contributed by atoms with E-state index in [1.165, 1.54) is 0 Å². The lowest BCUT2D eigenvalue weighted by Gasteiger charge is -2.10. The number of carboxylic acids is 1. The fraction of sp³-hybridized carbons (Fsp3) is 0.333. The van der Waals surface area contributed by atoms with Gasteiger partial charge in [-0.1, -0.05) is 12.7 Å². The van der Waals surface area contributed by atoms with Crippen LogP contribution in [0.5, 0.6) is 0 Å². The Morgan fingerprint density at radius 2 is 2.25 bits per heavy atom. The summed E-state index contributed by atoms with van der Waals surface area (Å²) in [4.78, 5) is 21.6. The van der Waals surface area contributed by atoms with E-state index >= 15 is 0 Å². The van der Waals surface area contributed by atoms with E-state index in [0.29, 0.717) is 6.42 Å². The minimum Gasteiger partial charge on any atom is -0.478 e. The van der Waals surface area contributed by atoms with Crippen molar-refractivity contribution in [1.29, 1.82) is 0 Å². The summed E-state index contributed by atoms with van der Waals surface area (Å²) in [5, 5.41) is 8.56. The minimum absolute atomic E-state index is 0.0836. The molecular formula is C9H10O3. The van der Waals surface area contributed by atoms with E-state index in [0.717, 1.165) is 12.8 Å². The van der Waals surface area contributed by atoms with Crippen molar-refractivity contribution in [1.82, 2.24) is 0 Å². The Kier molecular flexibility index (Phi) is 2.43. The Balaban J connectivity index is 2.86. The van der Waals surface area contributed by atoms with Gasteiger partial charge in [0.15, 0.2) is 5.78 Å². The minimum atomic E-state index is -1.11. The van der Waals surface area contributed by atoms with E-state index < -0.39 is 5.97 Å². The maximum absolute atomic E-state index is 11.1. The molecule has 0 unspecified atom stereocenters. The lowest BCUT2D eigenvalue weighted by molar-refractivity contribution is -0.132. The fourth-order valence-electron chi connectivity index (χ4n) is 1.16. The smallest absolute Gasteiger partial charge is 0.335 e. The highest BCUT2D eigenvalue weighted by Gasteiger charge is 2.19. The highest BCUT2D eigenvalue weighted by molar-refractivity contribution is 6.09. The number of hydrogen-bond donors (Lipinski definition) is 1. The number of carbonyl (C=O) groups is 2. The lowest BCUT2D eigenvalue weighted by Crippen LogP contribution is -2.13. The van der Waals surface area contributed by atoms with E-state index in [1.807, 2.05) is 0 Å². The van der Waals surface area contributed by atoms with Gasteiger partial charge in [-0.05, 0) is 12.8 Å². The van der Waals surface area contributed by atoms with E-state index in [9.17, 15) is 9.59 Å².